The first-order valence-corrected chi connectivity index (χ1v) is 8.44. The van der Waals surface area contributed by atoms with Gasteiger partial charge in [-0.05, 0) is 65.4 Å². The zero-order chi connectivity index (χ0) is 14.9. The van der Waals surface area contributed by atoms with E-state index in [2.05, 4.69) is 54.5 Å². The van der Waals surface area contributed by atoms with Gasteiger partial charge in [-0.3, -0.25) is 4.79 Å². The Morgan fingerprint density at radius 2 is 1.80 bits per heavy atom. The number of carbonyl (C=O) groups is 1. The van der Waals surface area contributed by atoms with Gasteiger partial charge in [0.2, 0.25) is 0 Å². The van der Waals surface area contributed by atoms with Crippen molar-refractivity contribution in [3.8, 4) is 5.75 Å². The van der Waals surface area contributed by atoms with Gasteiger partial charge in [-0.25, -0.2) is 0 Å². The van der Waals surface area contributed by atoms with Crippen LogP contribution >= 0.6 is 54.5 Å². The molecule has 0 atom stereocenters. The molecular formula is C15H11Br2IO2. The molecule has 104 valence electrons. The van der Waals surface area contributed by atoms with Crippen molar-refractivity contribution < 1.29 is 9.53 Å². The molecule has 0 saturated carbocycles. The molecule has 2 nitrogen and oxygen atoms in total. The lowest BCUT2D eigenvalue weighted by Crippen LogP contribution is -2.06. The fourth-order valence-electron chi connectivity index (χ4n) is 1.82. The van der Waals surface area contributed by atoms with Gasteiger partial charge in [0, 0.05) is 18.1 Å². The number of carbonyl (C=O) groups excluding carboxylic acids is 1. The van der Waals surface area contributed by atoms with Crippen LogP contribution in [0.2, 0.25) is 0 Å². The molecule has 0 amide bonds. The molecule has 2 aromatic carbocycles. The normalized spacial score (nSPS) is 10.4. The van der Waals surface area contributed by atoms with Crippen LogP contribution in [0.4, 0.5) is 0 Å². The largest absolute Gasteiger partial charge is 0.496 e. The first kappa shape index (κ1) is 16.0. The molecule has 0 aliphatic rings. The Morgan fingerprint density at radius 1 is 1.10 bits per heavy atom. The number of hydrogen-bond acceptors (Lipinski definition) is 2. The Balaban J connectivity index is 2.58. The van der Waals surface area contributed by atoms with Crippen LogP contribution in [0.15, 0.2) is 39.3 Å². The molecule has 0 fully saturated rings. The third-order valence-corrected chi connectivity index (χ3v) is 5.12. The van der Waals surface area contributed by atoms with Gasteiger partial charge in [0.05, 0.1) is 12.7 Å². The quantitative estimate of drug-likeness (QED) is 0.411. The minimum atomic E-state index is -0.0621. The van der Waals surface area contributed by atoms with E-state index >= 15 is 0 Å². The zero-order valence-electron chi connectivity index (χ0n) is 10.8. The summed E-state index contributed by atoms with van der Waals surface area (Å²) in [7, 11) is 1.57. The van der Waals surface area contributed by atoms with E-state index in [4.69, 9.17) is 4.74 Å². The van der Waals surface area contributed by atoms with Crippen molar-refractivity contribution in [3.63, 3.8) is 0 Å². The van der Waals surface area contributed by atoms with Crippen LogP contribution in [0.3, 0.4) is 0 Å². The molecule has 0 heterocycles. The maximum absolute atomic E-state index is 12.7. The first-order chi connectivity index (χ1) is 9.43. The molecule has 2 aromatic rings. The number of halogens is 3. The number of ether oxygens (including phenoxy) is 1. The van der Waals surface area contributed by atoms with Crippen molar-refractivity contribution in [1.29, 1.82) is 0 Å². The maximum Gasteiger partial charge on any atom is 0.197 e. The van der Waals surface area contributed by atoms with Crippen molar-refractivity contribution in [3.05, 3.63) is 59.5 Å². The number of rotatable bonds is 3. The Bertz CT molecular complexity index is 684. The lowest BCUT2D eigenvalue weighted by molar-refractivity contribution is 0.103. The maximum atomic E-state index is 12.7. The van der Waals surface area contributed by atoms with Crippen molar-refractivity contribution in [2.75, 3.05) is 7.11 Å². The molecule has 5 heteroatoms. The standard InChI is InChI=1S/C15H11Br2IO2/c1-8-5-14(20-2)11(7-13(8)17)15(19)10-6-9(18)3-4-12(10)16/h3-7H,1-2H3. The predicted octanol–water partition coefficient (Wildman–Crippen LogP) is 5.36. The van der Waals surface area contributed by atoms with Crippen LogP contribution in [0.5, 0.6) is 5.75 Å². The summed E-state index contributed by atoms with van der Waals surface area (Å²) in [5.74, 6) is 0.523. The molecule has 0 aromatic heterocycles. The summed E-state index contributed by atoms with van der Waals surface area (Å²) in [6, 6.07) is 9.36. The number of ketones is 1. The molecule has 0 spiro atoms. The Morgan fingerprint density at radius 3 is 2.45 bits per heavy atom. The summed E-state index contributed by atoms with van der Waals surface area (Å²) in [4.78, 5) is 12.7. The van der Waals surface area contributed by atoms with Gasteiger partial charge in [-0.15, -0.1) is 0 Å². The molecule has 0 unspecified atom stereocenters. The zero-order valence-corrected chi connectivity index (χ0v) is 16.2. The van der Waals surface area contributed by atoms with E-state index in [0.29, 0.717) is 16.9 Å². The highest BCUT2D eigenvalue weighted by molar-refractivity contribution is 14.1. The van der Waals surface area contributed by atoms with Gasteiger partial charge in [0.25, 0.3) is 0 Å². The lowest BCUT2D eigenvalue weighted by Gasteiger charge is -2.11. The average molecular weight is 510 g/mol. The second kappa shape index (κ2) is 6.58. The second-order valence-electron chi connectivity index (χ2n) is 4.25. The predicted molar refractivity (Wildman–Crippen MR) is 95.7 cm³/mol. The van der Waals surface area contributed by atoms with E-state index in [1.54, 1.807) is 7.11 Å². The fraction of sp³-hybridized carbons (Fsp3) is 0.133. The summed E-state index contributed by atoms with van der Waals surface area (Å²) in [6.07, 6.45) is 0. The summed E-state index contributed by atoms with van der Waals surface area (Å²) >= 11 is 9.08. The number of aryl methyl sites for hydroxylation is 1. The molecule has 2 rings (SSSR count). The number of benzene rings is 2. The highest BCUT2D eigenvalue weighted by Crippen LogP contribution is 2.31. The fourth-order valence-corrected chi connectivity index (χ4v) is 3.08. The van der Waals surface area contributed by atoms with Crippen molar-refractivity contribution in [2.45, 2.75) is 6.92 Å². The van der Waals surface area contributed by atoms with Crippen LogP contribution in [-0.4, -0.2) is 12.9 Å². The van der Waals surface area contributed by atoms with Gasteiger partial charge >= 0.3 is 0 Å². The van der Waals surface area contributed by atoms with Crippen LogP contribution in [0, 0.1) is 10.5 Å². The van der Waals surface area contributed by atoms with E-state index in [9.17, 15) is 4.79 Å². The molecule has 0 N–H and O–H groups in total. The average Bonchev–Trinajstić information content (AvgIpc) is 2.43. The Hall–Kier alpha value is -0.400. The molecule has 0 bridgehead atoms. The third kappa shape index (κ3) is 3.26. The summed E-state index contributed by atoms with van der Waals surface area (Å²) < 4.78 is 8.02. The minimum Gasteiger partial charge on any atom is -0.496 e. The second-order valence-corrected chi connectivity index (χ2v) is 7.21. The summed E-state index contributed by atoms with van der Waals surface area (Å²) in [5, 5.41) is 0. The first-order valence-electron chi connectivity index (χ1n) is 5.78. The Kier molecular flexibility index (Phi) is 5.25. The lowest BCUT2D eigenvalue weighted by atomic mass is 10.0. The van der Waals surface area contributed by atoms with E-state index in [1.165, 1.54) is 0 Å². The smallest absolute Gasteiger partial charge is 0.197 e. The van der Waals surface area contributed by atoms with Gasteiger partial charge in [-0.1, -0.05) is 31.9 Å². The molecule has 0 aliphatic heterocycles. The molecule has 0 aliphatic carbocycles. The van der Waals surface area contributed by atoms with E-state index < -0.39 is 0 Å². The number of methoxy groups -OCH3 is 1. The van der Waals surface area contributed by atoms with Crippen LogP contribution < -0.4 is 4.74 Å². The molecule has 0 radical (unpaired) electrons. The third-order valence-electron chi connectivity index (χ3n) is 2.90. The van der Waals surface area contributed by atoms with Gasteiger partial charge in [-0.2, -0.15) is 0 Å². The van der Waals surface area contributed by atoms with Gasteiger partial charge in [0.1, 0.15) is 5.75 Å². The van der Waals surface area contributed by atoms with Gasteiger partial charge in [0.15, 0.2) is 5.78 Å². The van der Waals surface area contributed by atoms with Gasteiger partial charge < -0.3 is 4.74 Å². The van der Waals surface area contributed by atoms with Crippen molar-refractivity contribution >= 4 is 60.2 Å². The van der Waals surface area contributed by atoms with Crippen LogP contribution in [-0.2, 0) is 0 Å². The summed E-state index contributed by atoms with van der Waals surface area (Å²) in [6.45, 7) is 1.96. The van der Waals surface area contributed by atoms with Crippen molar-refractivity contribution in [1.82, 2.24) is 0 Å². The highest BCUT2D eigenvalue weighted by atomic mass is 127. The van der Waals surface area contributed by atoms with Crippen LogP contribution in [0.1, 0.15) is 21.5 Å². The SMILES string of the molecule is COc1cc(C)c(Br)cc1C(=O)c1cc(I)ccc1Br. The van der Waals surface area contributed by atoms with E-state index in [0.717, 1.165) is 18.1 Å². The van der Waals surface area contributed by atoms with E-state index in [-0.39, 0.29) is 5.78 Å². The van der Waals surface area contributed by atoms with Crippen molar-refractivity contribution in [2.24, 2.45) is 0 Å². The molecule has 0 saturated heterocycles. The topological polar surface area (TPSA) is 26.3 Å². The molecule has 20 heavy (non-hydrogen) atoms. The highest BCUT2D eigenvalue weighted by Gasteiger charge is 2.18. The summed E-state index contributed by atoms with van der Waals surface area (Å²) in [5.41, 5.74) is 2.21. The monoisotopic (exact) mass is 508 g/mol. The Labute approximate surface area is 148 Å². The molecular weight excluding hydrogens is 499 g/mol. The number of hydrogen-bond donors (Lipinski definition) is 0. The van der Waals surface area contributed by atoms with E-state index in [1.807, 2.05) is 37.3 Å². The minimum absolute atomic E-state index is 0.0621. The van der Waals surface area contributed by atoms with Crippen LogP contribution in [0.25, 0.3) is 0 Å².